The number of hydrogen-bond acceptors (Lipinski definition) is 9. The Labute approximate surface area is 255 Å². The van der Waals surface area contributed by atoms with E-state index in [-0.39, 0.29) is 22.8 Å². The van der Waals surface area contributed by atoms with Gasteiger partial charge in [0.1, 0.15) is 11.8 Å². The molecule has 7 rings (SSSR count). The maximum Gasteiger partial charge on any atom is 0.308 e. The first-order chi connectivity index (χ1) is 20.8. The number of anilines is 2. The minimum Gasteiger partial charge on any atom is -0.325 e. The Balaban J connectivity index is 1.22. The lowest BCUT2D eigenvalue weighted by molar-refractivity contribution is -0.384. The number of amides is 3. The number of thiophene rings is 1. The van der Waals surface area contributed by atoms with Crippen LogP contribution >= 0.6 is 34.4 Å². The minimum absolute atomic E-state index is 0.153. The zero-order chi connectivity index (χ0) is 29.8. The van der Waals surface area contributed by atoms with Gasteiger partial charge in [0.25, 0.3) is 5.69 Å². The second kappa shape index (κ2) is 10.6. The molecule has 0 bridgehead atoms. The SMILES string of the molecule is O=C(Cn1c2c(sc1=O)[C@H](c1cccs1)C1C(=O)N(c3ccc([N+](=O)[O-])cc3)C(=O)C1S2)Nc1ccc2ccccc2c1. The third-order valence-electron chi connectivity index (χ3n) is 7.55. The Morgan fingerprint density at radius 3 is 2.42 bits per heavy atom. The number of fused-ring (bicyclic) bond motifs is 3. The number of imide groups is 1. The van der Waals surface area contributed by atoms with E-state index in [1.165, 1.54) is 40.2 Å². The van der Waals surface area contributed by atoms with Gasteiger partial charge in [-0.05, 0) is 46.5 Å². The van der Waals surface area contributed by atoms with Gasteiger partial charge < -0.3 is 5.32 Å². The number of thioether (sulfide) groups is 1. The third kappa shape index (κ3) is 4.65. The largest absolute Gasteiger partial charge is 0.325 e. The smallest absolute Gasteiger partial charge is 0.308 e. The average Bonchev–Trinajstić information content (AvgIpc) is 3.70. The van der Waals surface area contributed by atoms with Crippen molar-refractivity contribution in [3.8, 4) is 0 Å². The Kier molecular flexibility index (Phi) is 6.72. The van der Waals surface area contributed by atoms with Gasteiger partial charge in [0.2, 0.25) is 17.7 Å². The van der Waals surface area contributed by atoms with Crippen molar-refractivity contribution in [1.29, 1.82) is 0 Å². The molecule has 3 aromatic carbocycles. The number of benzene rings is 3. The fraction of sp³-hybridized carbons (Fsp3) is 0.133. The molecule has 0 spiro atoms. The van der Waals surface area contributed by atoms with Gasteiger partial charge in [-0.3, -0.25) is 33.9 Å². The second-order valence-electron chi connectivity index (χ2n) is 10.1. The highest BCUT2D eigenvalue weighted by molar-refractivity contribution is 8.00. The van der Waals surface area contributed by atoms with Gasteiger partial charge in [0.15, 0.2) is 0 Å². The van der Waals surface area contributed by atoms with E-state index in [4.69, 9.17) is 0 Å². The van der Waals surface area contributed by atoms with E-state index < -0.39 is 39.7 Å². The Morgan fingerprint density at radius 2 is 1.70 bits per heavy atom. The third-order valence-corrected chi connectivity index (χ3v) is 11.1. The molecular weight excluding hydrogens is 609 g/mol. The van der Waals surface area contributed by atoms with Crippen LogP contribution in [-0.2, 0) is 20.9 Å². The number of nitrogens with one attached hydrogen (secondary N) is 1. The van der Waals surface area contributed by atoms with E-state index >= 15 is 0 Å². The fourth-order valence-electron chi connectivity index (χ4n) is 5.62. The number of nitro groups is 1. The number of aromatic nitrogens is 1. The molecule has 10 nitrogen and oxygen atoms in total. The lowest BCUT2D eigenvalue weighted by atomic mass is 9.87. The van der Waals surface area contributed by atoms with Crippen molar-refractivity contribution in [2.45, 2.75) is 22.7 Å². The van der Waals surface area contributed by atoms with Crippen molar-refractivity contribution < 1.29 is 19.3 Å². The summed E-state index contributed by atoms with van der Waals surface area (Å²) >= 11 is 3.54. The van der Waals surface area contributed by atoms with E-state index in [0.29, 0.717) is 15.6 Å². The molecule has 1 fully saturated rings. The van der Waals surface area contributed by atoms with Crippen LogP contribution in [0.15, 0.2) is 94.1 Å². The summed E-state index contributed by atoms with van der Waals surface area (Å²) in [5.74, 6) is -2.62. The van der Waals surface area contributed by atoms with Crippen molar-refractivity contribution in [3.05, 3.63) is 114 Å². The molecule has 3 amide bonds. The van der Waals surface area contributed by atoms with Crippen LogP contribution in [0.1, 0.15) is 15.7 Å². The maximum atomic E-state index is 13.9. The fourth-order valence-corrected chi connectivity index (χ4v) is 9.34. The number of carbonyl (C=O) groups excluding carboxylic acids is 3. The summed E-state index contributed by atoms with van der Waals surface area (Å²) in [5.41, 5.74) is 0.690. The van der Waals surface area contributed by atoms with Crippen molar-refractivity contribution in [2.75, 3.05) is 10.2 Å². The lowest BCUT2D eigenvalue weighted by Crippen LogP contribution is -2.32. The number of non-ortho nitro benzene ring substituents is 1. The first-order valence-corrected chi connectivity index (χ1v) is 15.7. The van der Waals surface area contributed by atoms with Crippen LogP contribution in [0.4, 0.5) is 17.1 Å². The Bertz CT molecular complexity index is 2000. The quantitative estimate of drug-likeness (QED) is 0.150. The minimum atomic E-state index is -0.842. The molecule has 1 saturated heterocycles. The highest BCUT2D eigenvalue weighted by atomic mass is 32.2. The molecule has 2 aliphatic rings. The first kappa shape index (κ1) is 27.3. The van der Waals surface area contributed by atoms with Gasteiger partial charge >= 0.3 is 4.87 Å². The molecule has 0 radical (unpaired) electrons. The van der Waals surface area contributed by atoms with Crippen LogP contribution in [0, 0.1) is 16.0 Å². The molecule has 13 heteroatoms. The maximum absolute atomic E-state index is 13.9. The molecule has 4 heterocycles. The summed E-state index contributed by atoms with van der Waals surface area (Å²) in [5, 5.41) is 17.5. The number of nitro benzene ring substituents is 1. The van der Waals surface area contributed by atoms with Crippen LogP contribution in [0.5, 0.6) is 0 Å². The van der Waals surface area contributed by atoms with Crippen molar-refractivity contribution in [3.63, 3.8) is 0 Å². The van der Waals surface area contributed by atoms with Crippen LogP contribution < -0.4 is 15.1 Å². The monoisotopic (exact) mass is 628 g/mol. The van der Waals surface area contributed by atoms with Crippen LogP contribution in [0.3, 0.4) is 0 Å². The number of nitrogens with zero attached hydrogens (tertiary/aromatic N) is 3. The molecule has 1 N–H and O–H groups in total. The second-order valence-corrected chi connectivity index (χ2v) is 13.2. The van der Waals surface area contributed by atoms with Crippen molar-refractivity contribution in [1.82, 2.24) is 4.57 Å². The van der Waals surface area contributed by atoms with E-state index in [2.05, 4.69) is 5.32 Å². The molecule has 2 aliphatic heterocycles. The van der Waals surface area contributed by atoms with Crippen LogP contribution in [0.2, 0.25) is 0 Å². The van der Waals surface area contributed by atoms with Gasteiger partial charge in [-0.25, -0.2) is 4.90 Å². The number of thiazole rings is 1. The average molecular weight is 629 g/mol. The topological polar surface area (TPSA) is 132 Å². The zero-order valence-corrected chi connectivity index (χ0v) is 24.5. The summed E-state index contributed by atoms with van der Waals surface area (Å²) in [6, 6.07) is 22.4. The molecule has 0 aliphatic carbocycles. The number of rotatable bonds is 6. The molecule has 5 aromatic rings. The number of carbonyl (C=O) groups is 3. The molecule has 2 aromatic heterocycles. The molecule has 2 unspecified atom stereocenters. The van der Waals surface area contributed by atoms with Gasteiger partial charge in [-0.2, -0.15) is 0 Å². The molecule has 0 saturated carbocycles. The molecular formula is C30H20N4O6S3. The summed E-state index contributed by atoms with van der Waals surface area (Å²) in [4.78, 5) is 66.9. The molecule has 3 atom stereocenters. The Hall–Kier alpha value is -4.59. The van der Waals surface area contributed by atoms with Crippen molar-refractivity contribution >= 4 is 80.0 Å². The van der Waals surface area contributed by atoms with Crippen LogP contribution in [-0.4, -0.2) is 32.5 Å². The van der Waals surface area contributed by atoms with E-state index in [0.717, 1.165) is 43.6 Å². The zero-order valence-electron chi connectivity index (χ0n) is 22.0. The standard InChI is InChI=1S/C30H20N4O6S3/c35-22(31-18-8-7-16-4-1-2-5-17(16)14-18)15-32-29-26(43-30(32)38)23(21-6-3-13-41-21)24-25(42-29)28(37)33(27(24)36)19-9-11-20(12-10-19)34(39)40/h1-14,23-25H,15H2,(H,31,35)/t23-,24?,25?/m1/s1. The van der Waals surface area contributed by atoms with Crippen LogP contribution in [0.25, 0.3) is 10.8 Å². The summed E-state index contributed by atoms with van der Waals surface area (Å²) in [6.45, 7) is -0.257. The summed E-state index contributed by atoms with van der Waals surface area (Å²) < 4.78 is 1.38. The van der Waals surface area contributed by atoms with Gasteiger partial charge in [-0.1, -0.05) is 59.5 Å². The summed E-state index contributed by atoms with van der Waals surface area (Å²) in [6.07, 6.45) is 0. The molecule has 43 heavy (non-hydrogen) atoms. The van der Waals surface area contributed by atoms with E-state index in [1.807, 2.05) is 53.9 Å². The predicted molar refractivity (Wildman–Crippen MR) is 166 cm³/mol. The van der Waals surface area contributed by atoms with Gasteiger partial charge in [-0.15, -0.1) is 11.3 Å². The van der Waals surface area contributed by atoms with E-state index in [1.54, 1.807) is 6.07 Å². The van der Waals surface area contributed by atoms with Gasteiger partial charge in [0, 0.05) is 33.5 Å². The first-order valence-electron chi connectivity index (χ1n) is 13.1. The lowest BCUT2D eigenvalue weighted by Gasteiger charge is -2.29. The highest BCUT2D eigenvalue weighted by Crippen LogP contribution is 2.54. The van der Waals surface area contributed by atoms with Gasteiger partial charge in [0.05, 0.1) is 21.6 Å². The summed E-state index contributed by atoms with van der Waals surface area (Å²) in [7, 11) is 0. The predicted octanol–water partition coefficient (Wildman–Crippen LogP) is 5.47. The number of hydrogen-bond donors (Lipinski definition) is 1. The molecule has 214 valence electrons. The normalized spacial score (nSPS) is 19.3. The van der Waals surface area contributed by atoms with Crippen molar-refractivity contribution in [2.24, 2.45) is 5.92 Å². The van der Waals surface area contributed by atoms with E-state index in [9.17, 15) is 29.3 Å². The Morgan fingerprint density at radius 1 is 0.930 bits per heavy atom. The highest BCUT2D eigenvalue weighted by Gasteiger charge is 2.57.